The molecule has 2 aromatic rings. The highest BCUT2D eigenvalue weighted by molar-refractivity contribution is 7.91. The molecule has 150 valence electrons. The Kier molecular flexibility index (Phi) is 5.78. The summed E-state index contributed by atoms with van der Waals surface area (Å²) in [4.78, 5) is 13.4. The molecule has 0 bridgehead atoms. The van der Waals surface area contributed by atoms with Crippen LogP contribution in [0.5, 0.6) is 0 Å². The molecule has 4 rings (SSSR count). The number of halogens is 1. The first-order valence-electron chi connectivity index (χ1n) is 9.57. The van der Waals surface area contributed by atoms with Crippen LogP contribution in [0.2, 0.25) is 5.02 Å². The van der Waals surface area contributed by atoms with Crippen molar-refractivity contribution in [3.05, 3.63) is 51.9 Å². The fourth-order valence-electron chi connectivity index (χ4n) is 3.60. The molecule has 1 aromatic heterocycles. The highest BCUT2D eigenvalue weighted by atomic mass is 35.5. The number of nitrogens with one attached hydrogen (secondary N) is 1. The standard InChI is InChI=1S/C20H23ClN2O3S2/c21-16-7-5-15(6-8-16)20(14-3-4-14)22-18(24)13-17-9-10-19(27-17)28(25,26)23-11-1-2-12-23/h5-10,14,20H,1-4,11-13H2,(H,22,24). The van der Waals surface area contributed by atoms with Gasteiger partial charge in [0.15, 0.2) is 0 Å². The summed E-state index contributed by atoms with van der Waals surface area (Å²) in [5.41, 5.74) is 1.06. The van der Waals surface area contributed by atoms with Crippen molar-refractivity contribution >= 4 is 38.9 Å². The number of benzene rings is 1. The van der Waals surface area contributed by atoms with Crippen LogP contribution in [0.1, 0.15) is 42.2 Å². The lowest BCUT2D eigenvalue weighted by atomic mass is 10.0. The molecule has 1 aliphatic carbocycles. The molecule has 28 heavy (non-hydrogen) atoms. The van der Waals surface area contributed by atoms with E-state index in [1.165, 1.54) is 15.6 Å². The second kappa shape index (κ2) is 8.14. The quantitative estimate of drug-likeness (QED) is 0.710. The van der Waals surface area contributed by atoms with E-state index < -0.39 is 10.0 Å². The van der Waals surface area contributed by atoms with Gasteiger partial charge in [-0.3, -0.25) is 4.79 Å². The fraction of sp³-hybridized carbons (Fsp3) is 0.450. The molecular weight excluding hydrogens is 416 g/mol. The van der Waals surface area contributed by atoms with E-state index in [-0.39, 0.29) is 18.4 Å². The molecule has 1 saturated carbocycles. The van der Waals surface area contributed by atoms with E-state index in [9.17, 15) is 13.2 Å². The Hall–Kier alpha value is -1.41. The Morgan fingerprint density at radius 2 is 1.82 bits per heavy atom. The Morgan fingerprint density at radius 3 is 2.46 bits per heavy atom. The van der Waals surface area contributed by atoms with Crippen LogP contribution in [0.3, 0.4) is 0 Å². The normalized spacial score (nSPS) is 18.9. The fourth-order valence-corrected chi connectivity index (χ4v) is 6.76. The molecular formula is C20H23ClN2O3S2. The number of carbonyl (C=O) groups excluding carboxylic acids is 1. The van der Waals surface area contributed by atoms with Gasteiger partial charge in [0.25, 0.3) is 10.0 Å². The molecule has 0 radical (unpaired) electrons. The van der Waals surface area contributed by atoms with Crippen molar-refractivity contribution in [3.8, 4) is 0 Å². The lowest BCUT2D eigenvalue weighted by Gasteiger charge is -2.19. The van der Waals surface area contributed by atoms with Gasteiger partial charge in [-0.1, -0.05) is 23.7 Å². The Labute approximate surface area is 174 Å². The molecule has 1 atom stereocenters. The third-order valence-corrected chi connectivity index (χ3v) is 8.97. The SMILES string of the molecule is O=C(Cc1ccc(S(=O)(=O)N2CCCC2)s1)NC(c1ccc(Cl)cc1)C1CC1. The second-order valence-corrected chi connectivity index (χ2v) is 11.2. The van der Waals surface area contributed by atoms with Gasteiger partial charge in [-0.05, 0) is 61.4 Å². The van der Waals surface area contributed by atoms with Crippen LogP contribution < -0.4 is 5.32 Å². The van der Waals surface area contributed by atoms with Crippen molar-refractivity contribution in [2.75, 3.05) is 13.1 Å². The maximum Gasteiger partial charge on any atom is 0.252 e. The number of rotatable bonds is 7. The zero-order chi connectivity index (χ0) is 19.7. The summed E-state index contributed by atoms with van der Waals surface area (Å²) < 4.78 is 27.2. The summed E-state index contributed by atoms with van der Waals surface area (Å²) in [6, 6.07) is 11.0. The van der Waals surface area contributed by atoms with Crippen molar-refractivity contribution in [1.29, 1.82) is 0 Å². The van der Waals surface area contributed by atoms with Crippen LogP contribution in [0.4, 0.5) is 0 Å². The number of hydrogen-bond acceptors (Lipinski definition) is 4. The van der Waals surface area contributed by atoms with Gasteiger partial charge in [-0.15, -0.1) is 11.3 Å². The summed E-state index contributed by atoms with van der Waals surface area (Å²) >= 11 is 7.17. The summed E-state index contributed by atoms with van der Waals surface area (Å²) in [5.74, 6) is 0.374. The minimum absolute atomic E-state index is 0.0162. The molecule has 2 heterocycles. The minimum Gasteiger partial charge on any atom is -0.349 e. The molecule has 1 saturated heterocycles. The molecule has 5 nitrogen and oxygen atoms in total. The van der Waals surface area contributed by atoms with Gasteiger partial charge in [0, 0.05) is 23.0 Å². The van der Waals surface area contributed by atoms with Crippen LogP contribution >= 0.6 is 22.9 Å². The molecule has 1 aromatic carbocycles. The van der Waals surface area contributed by atoms with Crippen LogP contribution in [-0.2, 0) is 21.2 Å². The third kappa shape index (κ3) is 4.43. The van der Waals surface area contributed by atoms with E-state index in [0.29, 0.717) is 28.2 Å². The van der Waals surface area contributed by atoms with Crippen molar-refractivity contribution in [1.82, 2.24) is 9.62 Å². The maximum atomic E-state index is 12.6. The average Bonchev–Trinajstić information content (AvgIpc) is 3.15. The minimum atomic E-state index is -3.42. The maximum absolute atomic E-state index is 12.6. The first-order valence-corrected chi connectivity index (χ1v) is 12.2. The Bertz CT molecular complexity index is 946. The van der Waals surface area contributed by atoms with Crippen molar-refractivity contribution in [2.45, 2.75) is 42.4 Å². The first-order chi connectivity index (χ1) is 13.4. The monoisotopic (exact) mass is 438 g/mol. The predicted octanol–water partition coefficient (Wildman–Crippen LogP) is 4.00. The Balaban J connectivity index is 1.42. The average molecular weight is 439 g/mol. The lowest BCUT2D eigenvalue weighted by molar-refractivity contribution is -0.121. The largest absolute Gasteiger partial charge is 0.349 e. The molecule has 1 N–H and O–H groups in total. The number of nitrogens with zero attached hydrogens (tertiary/aromatic N) is 1. The van der Waals surface area contributed by atoms with Gasteiger partial charge < -0.3 is 5.32 Å². The van der Waals surface area contributed by atoms with Gasteiger partial charge in [0.05, 0.1) is 12.5 Å². The zero-order valence-corrected chi connectivity index (χ0v) is 17.8. The van der Waals surface area contributed by atoms with Crippen LogP contribution in [0.15, 0.2) is 40.6 Å². The predicted molar refractivity (Wildman–Crippen MR) is 111 cm³/mol. The van der Waals surface area contributed by atoms with Gasteiger partial charge in [-0.2, -0.15) is 4.31 Å². The highest BCUT2D eigenvalue weighted by Gasteiger charge is 2.33. The van der Waals surface area contributed by atoms with Crippen LogP contribution in [0, 0.1) is 5.92 Å². The summed E-state index contributed by atoms with van der Waals surface area (Å²) in [5, 5.41) is 3.81. The molecule has 1 aliphatic heterocycles. The topological polar surface area (TPSA) is 66.5 Å². The van der Waals surface area contributed by atoms with Crippen LogP contribution in [-0.4, -0.2) is 31.7 Å². The van der Waals surface area contributed by atoms with Crippen LogP contribution in [0.25, 0.3) is 0 Å². The second-order valence-electron chi connectivity index (χ2n) is 7.44. The van der Waals surface area contributed by atoms with Gasteiger partial charge in [0.2, 0.25) is 5.91 Å². The van der Waals surface area contributed by atoms with Crippen molar-refractivity contribution in [2.24, 2.45) is 5.92 Å². The Morgan fingerprint density at radius 1 is 1.14 bits per heavy atom. The number of hydrogen-bond donors (Lipinski definition) is 1. The van der Waals surface area contributed by atoms with Gasteiger partial charge in [-0.25, -0.2) is 8.42 Å². The molecule has 1 amide bonds. The molecule has 8 heteroatoms. The smallest absolute Gasteiger partial charge is 0.252 e. The zero-order valence-electron chi connectivity index (χ0n) is 15.4. The first kappa shape index (κ1) is 19.9. The molecule has 0 spiro atoms. The van der Waals surface area contributed by atoms with E-state index in [2.05, 4.69) is 5.32 Å². The number of carbonyl (C=O) groups is 1. The lowest BCUT2D eigenvalue weighted by Crippen LogP contribution is -2.30. The summed E-state index contributed by atoms with van der Waals surface area (Å²) in [6.07, 6.45) is 4.22. The summed E-state index contributed by atoms with van der Waals surface area (Å²) in [6.45, 7) is 1.17. The number of thiophene rings is 1. The van der Waals surface area contributed by atoms with E-state index >= 15 is 0 Å². The summed E-state index contributed by atoms with van der Waals surface area (Å²) in [7, 11) is -3.42. The number of amides is 1. The molecule has 2 aliphatic rings. The highest BCUT2D eigenvalue weighted by Crippen LogP contribution is 2.41. The van der Waals surface area contributed by atoms with E-state index in [1.807, 2.05) is 24.3 Å². The van der Waals surface area contributed by atoms with Crippen molar-refractivity contribution < 1.29 is 13.2 Å². The van der Waals surface area contributed by atoms with Gasteiger partial charge in [0.1, 0.15) is 4.21 Å². The van der Waals surface area contributed by atoms with E-state index in [4.69, 9.17) is 11.6 Å². The molecule has 1 unspecified atom stereocenters. The third-order valence-electron chi connectivity index (χ3n) is 5.27. The van der Waals surface area contributed by atoms with E-state index in [0.717, 1.165) is 36.1 Å². The number of sulfonamides is 1. The van der Waals surface area contributed by atoms with Crippen molar-refractivity contribution in [3.63, 3.8) is 0 Å². The van der Waals surface area contributed by atoms with Gasteiger partial charge >= 0.3 is 0 Å². The molecule has 2 fully saturated rings. The van der Waals surface area contributed by atoms with E-state index in [1.54, 1.807) is 12.1 Å².